The number of ether oxygens (including phenoxy) is 1. The second-order valence-corrected chi connectivity index (χ2v) is 5.98. The number of alkyl halides is 3. The Balaban J connectivity index is 1.92. The molecule has 0 aliphatic heterocycles. The van der Waals surface area contributed by atoms with Gasteiger partial charge in [0.15, 0.2) is 0 Å². The van der Waals surface area contributed by atoms with Crippen molar-refractivity contribution in [2.45, 2.75) is 37.4 Å². The van der Waals surface area contributed by atoms with E-state index in [0.717, 1.165) is 12.8 Å². The third kappa shape index (κ3) is 5.16. The van der Waals surface area contributed by atoms with E-state index in [1.54, 1.807) is 12.1 Å². The molecule has 3 N–H and O–H groups in total. The number of hydrogen-bond acceptors (Lipinski definition) is 5. The number of hydrogen-bond donors (Lipinski definition) is 2. The van der Waals surface area contributed by atoms with Crippen LogP contribution in [0.5, 0.6) is 0 Å². The SMILES string of the molecule is NC1(C(=O)Nc2ccc(/C=C/C(=O)OC(=O)C(F)(F)F)cc2)CCCC1. The Kier molecular flexibility index (Phi) is 5.81. The van der Waals surface area contributed by atoms with Gasteiger partial charge in [0.1, 0.15) is 0 Å². The zero-order valence-electron chi connectivity index (χ0n) is 13.6. The van der Waals surface area contributed by atoms with Crippen LogP contribution in [0.25, 0.3) is 6.08 Å². The van der Waals surface area contributed by atoms with Gasteiger partial charge in [-0.1, -0.05) is 25.0 Å². The lowest BCUT2D eigenvalue weighted by Gasteiger charge is -2.22. The highest BCUT2D eigenvalue weighted by molar-refractivity contribution is 5.98. The zero-order valence-corrected chi connectivity index (χ0v) is 13.6. The van der Waals surface area contributed by atoms with Crippen molar-refractivity contribution in [3.05, 3.63) is 35.9 Å². The summed E-state index contributed by atoms with van der Waals surface area (Å²) in [6, 6.07) is 6.18. The minimum absolute atomic E-state index is 0.271. The largest absolute Gasteiger partial charge is 0.491 e. The molecule has 1 aliphatic rings. The van der Waals surface area contributed by atoms with Gasteiger partial charge in [0, 0.05) is 11.8 Å². The summed E-state index contributed by atoms with van der Waals surface area (Å²) in [5.41, 5.74) is 6.14. The van der Waals surface area contributed by atoms with E-state index in [0.29, 0.717) is 30.2 Å². The van der Waals surface area contributed by atoms with Gasteiger partial charge in [-0.2, -0.15) is 13.2 Å². The van der Waals surface area contributed by atoms with Crippen molar-refractivity contribution in [3.63, 3.8) is 0 Å². The summed E-state index contributed by atoms with van der Waals surface area (Å²) in [5.74, 6) is -4.28. The Bertz CT molecular complexity index is 721. The predicted octanol–water partition coefficient (Wildman–Crippen LogP) is 2.54. The summed E-state index contributed by atoms with van der Waals surface area (Å²) in [6.45, 7) is 0. The van der Waals surface area contributed by atoms with Crippen LogP contribution < -0.4 is 11.1 Å². The Morgan fingerprint density at radius 1 is 1.12 bits per heavy atom. The molecule has 0 bridgehead atoms. The van der Waals surface area contributed by atoms with E-state index in [1.807, 2.05) is 0 Å². The summed E-state index contributed by atoms with van der Waals surface area (Å²) < 4.78 is 39.5. The van der Waals surface area contributed by atoms with Gasteiger partial charge in [0.05, 0.1) is 5.54 Å². The fourth-order valence-corrected chi connectivity index (χ4v) is 2.51. The van der Waals surface area contributed by atoms with Crippen molar-refractivity contribution in [3.8, 4) is 0 Å². The first-order chi connectivity index (χ1) is 12.1. The molecule has 0 spiro atoms. The van der Waals surface area contributed by atoms with Crippen LogP contribution in [0.15, 0.2) is 30.3 Å². The summed E-state index contributed by atoms with van der Waals surface area (Å²) in [7, 11) is 0. The van der Waals surface area contributed by atoms with Crippen molar-refractivity contribution < 1.29 is 32.3 Å². The highest BCUT2D eigenvalue weighted by atomic mass is 19.4. The molecular weight excluding hydrogens is 353 g/mol. The highest BCUT2D eigenvalue weighted by Crippen LogP contribution is 2.28. The average molecular weight is 370 g/mol. The molecule has 9 heteroatoms. The van der Waals surface area contributed by atoms with Crippen LogP contribution in [0.2, 0.25) is 0 Å². The number of nitrogens with two attached hydrogens (primary N) is 1. The maximum absolute atomic E-state index is 12.2. The Hall–Kier alpha value is -2.68. The van der Waals surface area contributed by atoms with Gasteiger partial charge < -0.3 is 15.8 Å². The molecule has 6 nitrogen and oxygen atoms in total. The molecule has 0 saturated heterocycles. The van der Waals surface area contributed by atoms with Gasteiger partial charge in [-0.3, -0.25) is 4.79 Å². The van der Waals surface area contributed by atoms with Gasteiger partial charge in [0.2, 0.25) is 5.91 Å². The van der Waals surface area contributed by atoms with Crippen LogP contribution in [-0.2, 0) is 19.1 Å². The maximum atomic E-state index is 12.2. The van der Waals surface area contributed by atoms with E-state index < -0.39 is 23.7 Å². The normalized spacial score (nSPS) is 16.5. The number of amides is 1. The van der Waals surface area contributed by atoms with Crippen LogP contribution >= 0.6 is 0 Å². The minimum Gasteiger partial charge on any atom is -0.383 e. The summed E-state index contributed by atoms with van der Waals surface area (Å²) >= 11 is 0. The van der Waals surface area contributed by atoms with Crippen LogP contribution in [0.1, 0.15) is 31.2 Å². The first kappa shape index (κ1) is 19.6. The number of esters is 2. The molecule has 1 fully saturated rings. The Morgan fingerprint density at radius 2 is 1.69 bits per heavy atom. The molecule has 0 unspecified atom stereocenters. The summed E-state index contributed by atoms with van der Waals surface area (Å²) in [5, 5.41) is 2.71. The second-order valence-electron chi connectivity index (χ2n) is 5.98. The van der Waals surface area contributed by atoms with E-state index in [-0.39, 0.29) is 5.91 Å². The number of nitrogens with one attached hydrogen (secondary N) is 1. The lowest BCUT2D eigenvalue weighted by atomic mass is 9.98. The van der Waals surface area contributed by atoms with Crippen molar-refractivity contribution in [1.29, 1.82) is 0 Å². The fraction of sp³-hybridized carbons (Fsp3) is 0.353. The van der Waals surface area contributed by atoms with Crippen LogP contribution in [0.4, 0.5) is 18.9 Å². The number of anilines is 1. The first-order valence-electron chi connectivity index (χ1n) is 7.82. The molecular formula is C17H17F3N2O4. The van der Waals surface area contributed by atoms with E-state index in [9.17, 15) is 27.6 Å². The van der Waals surface area contributed by atoms with Gasteiger partial charge in [-0.15, -0.1) is 0 Å². The summed E-state index contributed by atoms with van der Waals surface area (Å²) in [4.78, 5) is 33.9. The van der Waals surface area contributed by atoms with Crippen molar-refractivity contribution in [2.24, 2.45) is 5.73 Å². The molecule has 140 valence electrons. The number of benzene rings is 1. The molecule has 0 aromatic heterocycles. The van der Waals surface area contributed by atoms with Gasteiger partial charge in [-0.05, 0) is 36.6 Å². The molecule has 1 aromatic carbocycles. The Morgan fingerprint density at radius 3 is 2.23 bits per heavy atom. The monoisotopic (exact) mass is 370 g/mol. The number of carbonyl (C=O) groups excluding carboxylic acids is 3. The zero-order chi connectivity index (χ0) is 19.4. The summed E-state index contributed by atoms with van der Waals surface area (Å²) in [6.07, 6.45) is -0.301. The molecule has 26 heavy (non-hydrogen) atoms. The molecule has 1 aliphatic carbocycles. The molecule has 2 rings (SSSR count). The highest BCUT2D eigenvalue weighted by Gasteiger charge is 2.42. The average Bonchev–Trinajstić information content (AvgIpc) is 3.01. The van der Waals surface area contributed by atoms with Gasteiger partial charge in [-0.25, -0.2) is 9.59 Å². The van der Waals surface area contributed by atoms with Crippen LogP contribution in [0, 0.1) is 0 Å². The van der Waals surface area contributed by atoms with E-state index >= 15 is 0 Å². The molecule has 1 saturated carbocycles. The smallest absolute Gasteiger partial charge is 0.383 e. The topological polar surface area (TPSA) is 98.5 Å². The third-order valence-electron chi connectivity index (χ3n) is 3.95. The van der Waals surface area contributed by atoms with E-state index in [1.165, 1.54) is 18.2 Å². The molecule has 1 aromatic rings. The van der Waals surface area contributed by atoms with Crippen LogP contribution in [-0.4, -0.2) is 29.6 Å². The van der Waals surface area contributed by atoms with E-state index in [2.05, 4.69) is 10.1 Å². The van der Waals surface area contributed by atoms with Gasteiger partial charge in [0.25, 0.3) is 0 Å². The molecule has 0 radical (unpaired) electrons. The van der Waals surface area contributed by atoms with Crippen molar-refractivity contribution in [1.82, 2.24) is 0 Å². The number of rotatable bonds is 4. The third-order valence-corrected chi connectivity index (χ3v) is 3.95. The quantitative estimate of drug-likeness (QED) is 0.482. The van der Waals surface area contributed by atoms with E-state index in [4.69, 9.17) is 5.73 Å². The lowest BCUT2D eigenvalue weighted by Crippen LogP contribution is -2.48. The fourth-order valence-electron chi connectivity index (χ4n) is 2.51. The van der Waals surface area contributed by atoms with Gasteiger partial charge >= 0.3 is 18.1 Å². The number of halogens is 3. The predicted molar refractivity (Wildman–Crippen MR) is 86.6 cm³/mol. The second kappa shape index (κ2) is 7.69. The van der Waals surface area contributed by atoms with Crippen molar-refractivity contribution in [2.75, 3.05) is 5.32 Å². The van der Waals surface area contributed by atoms with Crippen molar-refractivity contribution >= 4 is 29.6 Å². The first-order valence-corrected chi connectivity index (χ1v) is 7.82. The van der Waals surface area contributed by atoms with Crippen LogP contribution in [0.3, 0.4) is 0 Å². The molecule has 0 heterocycles. The molecule has 1 amide bonds. The maximum Gasteiger partial charge on any atom is 0.491 e. The number of carbonyl (C=O) groups is 3. The minimum atomic E-state index is -5.23. The lowest BCUT2D eigenvalue weighted by molar-refractivity contribution is -0.200. The Labute approximate surface area is 147 Å². The molecule has 0 atom stereocenters. The standard InChI is InChI=1S/C17H17F3N2O4/c18-17(19,20)15(25)26-13(23)8-5-11-3-6-12(7-4-11)22-14(24)16(21)9-1-2-10-16/h3-8H,1-2,9-10,21H2,(H,22,24)/b8-5+.